The van der Waals surface area contributed by atoms with Crippen molar-refractivity contribution >= 4 is 11.9 Å². The van der Waals surface area contributed by atoms with Gasteiger partial charge in [-0.25, -0.2) is 0 Å². The molecule has 11 heavy (non-hydrogen) atoms. The molecule has 1 aliphatic heterocycles. The van der Waals surface area contributed by atoms with Crippen LogP contribution in [0, 0.1) is 0 Å². The van der Waals surface area contributed by atoms with E-state index < -0.39 is 12.0 Å². The second-order valence-electron chi connectivity index (χ2n) is 2.40. The van der Waals surface area contributed by atoms with Crippen molar-refractivity contribution in [3.63, 3.8) is 0 Å². The molecule has 0 aliphatic carbocycles. The number of rotatable bonds is 1. The van der Waals surface area contributed by atoms with Gasteiger partial charge in [-0.2, -0.15) is 0 Å². The van der Waals surface area contributed by atoms with Crippen molar-refractivity contribution < 1.29 is 14.7 Å². The quantitative estimate of drug-likeness (QED) is 0.436. The highest BCUT2D eigenvalue weighted by atomic mass is 16.4. The van der Waals surface area contributed by atoms with E-state index in [0.29, 0.717) is 13.0 Å². The van der Waals surface area contributed by atoms with E-state index in [9.17, 15) is 9.59 Å². The molecule has 0 radical (unpaired) electrons. The highest BCUT2D eigenvalue weighted by Gasteiger charge is 2.20. The molecular weight excluding hydrogens is 148 g/mol. The lowest BCUT2D eigenvalue weighted by atomic mass is 10.3. The van der Waals surface area contributed by atoms with Crippen molar-refractivity contribution in [2.24, 2.45) is 0 Å². The van der Waals surface area contributed by atoms with E-state index in [-0.39, 0.29) is 12.5 Å². The summed E-state index contributed by atoms with van der Waals surface area (Å²) in [6.45, 7) is 0.608. The van der Waals surface area contributed by atoms with Crippen LogP contribution >= 0.6 is 0 Å². The second kappa shape index (κ2) is 3.34. The zero-order valence-electron chi connectivity index (χ0n) is 5.96. The Kier molecular flexibility index (Phi) is 2.43. The van der Waals surface area contributed by atoms with Crippen molar-refractivity contribution in [2.45, 2.75) is 12.5 Å². The predicted molar refractivity (Wildman–Crippen MR) is 37.1 cm³/mol. The summed E-state index contributed by atoms with van der Waals surface area (Å²) >= 11 is 0. The van der Waals surface area contributed by atoms with Gasteiger partial charge in [0.15, 0.2) is 0 Å². The van der Waals surface area contributed by atoms with Crippen LogP contribution in [0.25, 0.3) is 0 Å². The Labute approximate surface area is 63.8 Å². The summed E-state index contributed by atoms with van der Waals surface area (Å²) in [7, 11) is 0. The van der Waals surface area contributed by atoms with Crippen molar-refractivity contribution in [3.8, 4) is 0 Å². The third kappa shape index (κ3) is 2.19. The molecule has 62 valence electrons. The molecular formula is C6H10N2O3. The number of carbonyl (C=O) groups is 2. The van der Waals surface area contributed by atoms with Crippen LogP contribution < -0.4 is 10.6 Å². The molecule has 1 saturated heterocycles. The Balaban J connectivity index is 2.46. The minimum atomic E-state index is -0.924. The molecule has 1 atom stereocenters. The first-order valence-corrected chi connectivity index (χ1v) is 3.43. The molecule has 0 saturated carbocycles. The molecule has 1 amide bonds. The summed E-state index contributed by atoms with van der Waals surface area (Å²) in [5.74, 6) is -1.02. The van der Waals surface area contributed by atoms with Gasteiger partial charge in [0.2, 0.25) is 5.91 Å². The van der Waals surface area contributed by atoms with E-state index in [2.05, 4.69) is 10.6 Å². The topological polar surface area (TPSA) is 78.4 Å². The van der Waals surface area contributed by atoms with Crippen LogP contribution in [-0.4, -0.2) is 36.1 Å². The van der Waals surface area contributed by atoms with Crippen LogP contribution in [0.1, 0.15) is 6.42 Å². The number of amides is 1. The zero-order valence-corrected chi connectivity index (χ0v) is 5.96. The Bertz CT molecular complexity index is 181. The van der Waals surface area contributed by atoms with Crippen molar-refractivity contribution in [1.82, 2.24) is 10.6 Å². The zero-order chi connectivity index (χ0) is 8.27. The van der Waals surface area contributed by atoms with Gasteiger partial charge in [-0.05, 0) is 0 Å². The van der Waals surface area contributed by atoms with E-state index >= 15 is 0 Å². The number of carbonyl (C=O) groups excluding carboxylic acids is 1. The summed E-state index contributed by atoms with van der Waals surface area (Å²) in [6, 6.07) is -0.638. The Morgan fingerprint density at radius 1 is 1.64 bits per heavy atom. The van der Waals surface area contributed by atoms with Crippen molar-refractivity contribution in [3.05, 3.63) is 0 Å². The SMILES string of the molecule is O=C1CCNC(C(=O)O)CN1. The van der Waals surface area contributed by atoms with E-state index in [4.69, 9.17) is 5.11 Å². The van der Waals surface area contributed by atoms with Gasteiger partial charge in [-0.1, -0.05) is 0 Å². The average Bonchev–Trinajstić information content (AvgIpc) is 2.13. The largest absolute Gasteiger partial charge is 0.480 e. The average molecular weight is 158 g/mol. The van der Waals surface area contributed by atoms with E-state index in [1.165, 1.54) is 0 Å². The molecule has 0 spiro atoms. The molecule has 5 heteroatoms. The fraction of sp³-hybridized carbons (Fsp3) is 0.667. The van der Waals surface area contributed by atoms with E-state index in [1.54, 1.807) is 0 Å². The smallest absolute Gasteiger partial charge is 0.322 e. The predicted octanol–water partition coefficient (Wildman–Crippen LogP) is -1.45. The first-order chi connectivity index (χ1) is 5.20. The van der Waals surface area contributed by atoms with E-state index in [1.807, 2.05) is 0 Å². The van der Waals surface area contributed by atoms with Gasteiger partial charge in [-0.3, -0.25) is 9.59 Å². The standard InChI is InChI=1S/C6H10N2O3/c9-5-1-2-7-4(3-8-5)6(10)11/h4,7H,1-3H2,(H,8,9)(H,10,11). The number of carboxylic acid groups (broad SMARTS) is 1. The van der Waals surface area contributed by atoms with Gasteiger partial charge in [0, 0.05) is 19.5 Å². The maximum atomic E-state index is 10.7. The van der Waals surface area contributed by atoms with Crippen LogP contribution in [0.15, 0.2) is 0 Å². The van der Waals surface area contributed by atoms with Crippen LogP contribution in [0.2, 0.25) is 0 Å². The highest BCUT2D eigenvalue weighted by molar-refractivity contribution is 5.79. The van der Waals surface area contributed by atoms with Crippen molar-refractivity contribution in [2.75, 3.05) is 13.1 Å². The minimum Gasteiger partial charge on any atom is -0.480 e. The van der Waals surface area contributed by atoms with Gasteiger partial charge < -0.3 is 15.7 Å². The maximum absolute atomic E-state index is 10.7. The first kappa shape index (κ1) is 8.00. The number of hydrogen-bond acceptors (Lipinski definition) is 3. The third-order valence-corrected chi connectivity index (χ3v) is 1.54. The fourth-order valence-electron chi connectivity index (χ4n) is 0.911. The molecule has 3 N–H and O–H groups in total. The Hall–Kier alpha value is -1.10. The summed E-state index contributed by atoms with van der Waals surface area (Å²) in [5.41, 5.74) is 0. The molecule has 1 rings (SSSR count). The van der Waals surface area contributed by atoms with E-state index in [0.717, 1.165) is 0 Å². The van der Waals surface area contributed by atoms with Crippen LogP contribution in [0.3, 0.4) is 0 Å². The molecule has 1 aliphatic rings. The number of nitrogens with one attached hydrogen (secondary N) is 2. The monoisotopic (exact) mass is 158 g/mol. The molecule has 1 unspecified atom stereocenters. The fourth-order valence-corrected chi connectivity index (χ4v) is 0.911. The van der Waals surface area contributed by atoms with Gasteiger partial charge in [0.1, 0.15) is 6.04 Å². The van der Waals surface area contributed by atoms with Gasteiger partial charge in [0.05, 0.1) is 0 Å². The Morgan fingerprint density at radius 3 is 3.00 bits per heavy atom. The molecule has 0 bridgehead atoms. The van der Waals surface area contributed by atoms with Gasteiger partial charge in [-0.15, -0.1) is 0 Å². The van der Waals surface area contributed by atoms with Crippen LogP contribution in [0.4, 0.5) is 0 Å². The molecule has 0 aromatic heterocycles. The summed E-state index contributed by atoms with van der Waals surface area (Å²) in [6.07, 6.45) is 0.351. The second-order valence-corrected chi connectivity index (χ2v) is 2.40. The summed E-state index contributed by atoms with van der Waals surface area (Å²) in [4.78, 5) is 21.1. The van der Waals surface area contributed by atoms with Crippen LogP contribution in [0.5, 0.6) is 0 Å². The molecule has 0 aromatic carbocycles. The third-order valence-electron chi connectivity index (χ3n) is 1.54. The lowest BCUT2D eigenvalue weighted by molar-refractivity contribution is -0.139. The van der Waals surface area contributed by atoms with Crippen LogP contribution in [-0.2, 0) is 9.59 Å². The number of aliphatic carboxylic acids is 1. The highest BCUT2D eigenvalue weighted by Crippen LogP contribution is 1.89. The lowest BCUT2D eigenvalue weighted by Crippen LogP contribution is -2.42. The minimum absolute atomic E-state index is 0.0961. The molecule has 0 aromatic rings. The lowest BCUT2D eigenvalue weighted by Gasteiger charge is -2.08. The Morgan fingerprint density at radius 2 is 2.36 bits per heavy atom. The molecule has 5 nitrogen and oxygen atoms in total. The number of carboxylic acids is 1. The van der Waals surface area contributed by atoms with Gasteiger partial charge >= 0.3 is 5.97 Å². The van der Waals surface area contributed by atoms with Gasteiger partial charge in [0.25, 0.3) is 0 Å². The summed E-state index contributed by atoms with van der Waals surface area (Å²) < 4.78 is 0. The first-order valence-electron chi connectivity index (χ1n) is 3.43. The summed E-state index contributed by atoms with van der Waals surface area (Å²) in [5, 5.41) is 13.8. The normalized spacial score (nSPS) is 25.5. The van der Waals surface area contributed by atoms with Crippen molar-refractivity contribution in [1.29, 1.82) is 0 Å². The number of hydrogen-bond donors (Lipinski definition) is 3. The molecule has 1 heterocycles. The maximum Gasteiger partial charge on any atom is 0.322 e. The molecule has 1 fully saturated rings.